The number of amides is 2. The predicted molar refractivity (Wildman–Crippen MR) is 71.4 cm³/mol. The van der Waals surface area contributed by atoms with Crippen LogP contribution in [0.3, 0.4) is 0 Å². The van der Waals surface area contributed by atoms with Crippen LogP contribution in [0.15, 0.2) is 0 Å². The Kier molecular flexibility index (Phi) is 5.97. The van der Waals surface area contributed by atoms with Gasteiger partial charge in [0.15, 0.2) is 17.0 Å². The van der Waals surface area contributed by atoms with Gasteiger partial charge in [0, 0.05) is 13.5 Å². The molecule has 20 heavy (non-hydrogen) atoms. The first-order valence-electron chi connectivity index (χ1n) is 5.73. The summed E-state index contributed by atoms with van der Waals surface area (Å²) in [5, 5.41) is -0.150. The standard InChI is InChI=1S/C11H13Cl2N3O4/c1-3-4-15(5-17)11(19)10-14-8(12)9(13)16(10)6-20-7(2)18/h5H,3-4,6H2,1-2H3. The summed E-state index contributed by atoms with van der Waals surface area (Å²) in [4.78, 5) is 38.6. The molecule has 1 rings (SSSR count). The van der Waals surface area contributed by atoms with Gasteiger partial charge < -0.3 is 4.74 Å². The van der Waals surface area contributed by atoms with Crippen LogP contribution in [0.2, 0.25) is 10.3 Å². The summed E-state index contributed by atoms with van der Waals surface area (Å²) in [7, 11) is 0. The third-order valence-electron chi connectivity index (χ3n) is 2.31. The van der Waals surface area contributed by atoms with Crippen molar-refractivity contribution < 1.29 is 19.1 Å². The van der Waals surface area contributed by atoms with Crippen LogP contribution in [0.5, 0.6) is 0 Å². The molecule has 0 unspecified atom stereocenters. The summed E-state index contributed by atoms with van der Waals surface area (Å²) in [6.45, 7) is 2.95. The largest absolute Gasteiger partial charge is 0.444 e. The maximum Gasteiger partial charge on any atom is 0.304 e. The Morgan fingerprint density at radius 1 is 1.45 bits per heavy atom. The van der Waals surface area contributed by atoms with Crippen LogP contribution in [-0.4, -0.2) is 39.3 Å². The van der Waals surface area contributed by atoms with Crippen molar-refractivity contribution in [1.82, 2.24) is 14.5 Å². The van der Waals surface area contributed by atoms with E-state index in [-0.39, 0.29) is 29.4 Å². The van der Waals surface area contributed by atoms with Crippen molar-refractivity contribution in [3.8, 4) is 0 Å². The molecule has 2 amide bonds. The molecule has 9 heteroatoms. The number of halogens is 2. The molecule has 0 radical (unpaired) electrons. The van der Waals surface area contributed by atoms with Gasteiger partial charge in [-0.25, -0.2) is 4.98 Å². The lowest BCUT2D eigenvalue weighted by atomic mass is 10.4. The van der Waals surface area contributed by atoms with Crippen molar-refractivity contribution in [2.75, 3.05) is 6.54 Å². The number of aromatic nitrogens is 2. The van der Waals surface area contributed by atoms with E-state index in [4.69, 9.17) is 27.9 Å². The molecule has 7 nitrogen and oxygen atoms in total. The summed E-state index contributed by atoms with van der Waals surface area (Å²) in [5.74, 6) is -1.38. The highest BCUT2D eigenvalue weighted by Crippen LogP contribution is 2.23. The molecule has 0 atom stereocenters. The zero-order valence-electron chi connectivity index (χ0n) is 10.9. The monoisotopic (exact) mass is 321 g/mol. The number of nitrogens with zero attached hydrogens (tertiary/aromatic N) is 3. The third-order valence-corrected chi connectivity index (χ3v) is 3.05. The number of hydrogen-bond donors (Lipinski definition) is 0. The van der Waals surface area contributed by atoms with Crippen LogP contribution in [-0.2, 0) is 21.1 Å². The van der Waals surface area contributed by atoms with Gasteiger partial charge in [-0.1, -0.05) is 30.1 Å². The second-order valence-corrected chi connectivity index (χ2v) is 4.53. The topological polar surface area (TPSA) is 81.5 Å². The fourth-order valence-electron chi connectivity index (χ4n) is 1.41. The highest BCUT2D eigenvalue weighted by atomic mass is 35.5. The SMILES string of the molecule is CCCN(C=O)C(=O)c1nc(Cl)c(Cl)n1COC(C)=O. The first-order valence-corrected chi connectivity index (χ1v) is 6.49. The zero-order valence-corrected chi connectivity index (χ0v) is 12.4. The Balaban J connectivity index is 3.09. The van der Waals surface area contributed by atoms with E-state index in [1.54, 1.807) is 0 Å². The van der Waals surface area contributed by atoms with Crippen molar-refractivity contribution in [3.05, 3.63) is 16.1 Å². The van der Waals surface area contributed by atoms with Gasteiger partial charge in [-0.15, -0.1) is 0 Å². The van der Waals surface area contributed by atoms with E-state index in [0.29, 0.717) is 12.8 Å². The molecule has 0 aromatic carbocycles. The average molecular weight is 322 g/mol. The highest BCUT2D eigenvalue weighted by molar-refractivity contribution is 6.40. The summed E-state index contributed by atoms with van der Waals surface area (Å²) >= 11 is 11.6. The van der Waals surface area contributed by atoms with Gasteiger partial charge in [-0.05, 0) is 6.42 Å². The van der Waals surface area contributed by atoms with Gasteiger partial charge in [-0.2, -0.15) is 0 Å². The summed E-state index contributed by atoms with van der Waals surface area (Å²) in [5.41, 5.74) is 0. The number of carbonyl (C=O) groups excluding carboxylic acids is 3. The van der Waals surface area contributed by atoms with Crippen LogP contribution < -0.4 is 0 Å². The van der Waals surface area contributed by atoms with Crippen molar-refractivity contribution in [2.45, 2.75) is 27.0 Å². The van der Waals surface area contributed by atoms with E-state index in [1.807, 2.05) is 6.92 Å². The van der Waals surface area contributed by atoms with Crippen molar-refractivity contribution >= 4 is 41.5 Å². The lowest BCUT2D eigenvalue weighted by molar-refractivity contribution is -0.144. The third kappa shape index (κ3) is 3.71. The molecule has 0 spiro atoms. The quantitative estimate of drug-likeness (QED) is 0.588. The van der Waals surface area contributed by atoms with E-state index in [1.165, 1.54) is 6.92 Å². The number of esters is 1. The van der Waals surface area contributed by atoms with Gasteiger partial charge in [-0.3, -0.25) is 23.9 Å². The highest BCUT2D eigenvalue weighted by Gasteiger charge is 2.24. The number of ether oxygens (including phenoxy) is 1. The van der Waals surface area contributed by atoms with Crippen molar-refractivity contribution in [2.24, 2.45) is 0 Å². The Labute approximate surface area is 125 Å². The molecule has 0 N–H and O–H groups in total. The fourth-order valence-corrected chi connectivity index (χ4v) is 1.76. The lowest BCUT2D eigenvalue weighted by Crippen LogP contribution is -2.32. The minimum Gasteiger partial charge on any atom is -0.444 e. The molecule has 0 saturated carbocycles. The second-order valence-electron chi connectivity index (χ2n) is 3.81. The first-order chi connectivity index (χ1) is 9.42. The van der Waals surface area contributed by atoms with E-state index in [0.717, 1.165) is 9.47 Å². The fraction of sp³-hybridized carbons (Fsp3) is 0.455. The number of carbonyl (C=O) groups is 3. The summed E-state index contributed by atoms with van der Waals surface area (Å²) in [6.07, 6.45) is 0.995. The number of hydrogen-bond acceptors (Lipinski definition) is 5. The van der Waals surface area contributed by atoms with E-state index in [9.17, 15) is 14.4 Å². The molecular weight excluding hydrogens is 309 g/mol. The molecular formula is C11H13Cl2N3O4. The zero-order chi connectivity index (χ0) is 15.3. The molecule has 0 fully saturated rings. The van der Waals surface area contributed by atoms with Crippen LogP contribution in [0.25, 0.3) is 0 Å². The molecule has 0 aliphatic heterocycles. The normalized spacial score (nSPS) is 10.2. The molecule has 110 valence electrons. The molecule has 1 heterocycles. The number of rotatable bonds is 6. The maximum atomic E-state index is 12.2. The van der Waals surface area contributed by atoms with Crippen LogP contribution in [0.1, 0.15) is 30.9 Å². The van der Waals surface area contributed by atoms with Gasteiger partial charge in [0.2, 0.25) is 12.2 Å². The average Bonchev–Trinajstić information content (AvgIpc) is 2.69. The van der Waals surface area contributed by atoms with Crippen molar-refractivity contribution in [1.29, 1.82) is 0 Å². The summed E-state index contributed by atoms with van der Waals surface area (Å²) < 4.78 is 5.89. The minimum atomic E-state index is -0.664. The van der Waals surface area contributed by atoms with Crippen LogP contribution in [0.4, 0.5) is 0 Å². The molecule has 0 aliphatic carbocycles. The molecule has 1 aromatic rings. The smallest absolute Gasteiger partial charge is 0.304 e. The predicted octanol–water partition coefficient (Wildman–Crippen LogP) is 1.72. The van der Waals surface area contributed by atoms with E-state index < -0.39 is 11.9 Å². The van der Waals surface area contributed by atoms with E-state index in [2.05, 4.69) is 4.98 Å². The lowest BCUT2D eigenvalue weighted by Gasteiger charge is -2.15. The first kappa shape index (κ1) is 16.5. The molecule has 0 aliphatic rings. The Bertz CT molecular complexity index is 530. The molecule has 0 saturated heterocycles. The van der Waals surface area contributed by atoms with Gasteiger partial charge in [0.05, 0.1) is 0 Å². The number of imide groups is 1. The Hall–Kier alpha value is -1.60. The van der Waals surface area contributed by atoms with Gasteiger partial charge in [0.1, 0.15) is 0 Å². The molecule has 0 bridgehead atoms. The van der Waals surface area contributed by atoms with Gasteiger partial charge in [0.25, 0.3) is 5.91 Å². The maximum absolute atomic E-state index is 12.2. The Morgan fingerprint density at radius 3 is 2.60 bits per heavy atom. The molecule has 1 aromatic heterocycles. The van der Waals surface area contributed by atoms with Crippen LogP contribution >= 0.6 is 23.2 Å². The van der Waals surface area contributed by atoms with Crippen LogP contribution in [0, 0.1) is 0 Å². The Morgan fingerprint density at radius 2 is 2.10 bits per heavy atom. The number of imidazole rings is 1. The second kappa shape index (κ2) is 7.25. The summed E-state index contributed by atoms with van der Waals surface area (Å²) in [6, 6.07) is 0. The van der Waals surface area contributed by atoms with Gasteiger partial charge >= 0.3 is 5.97 Å². The van der Waals surface area contributed by atoms with Crippen molar-refractivity contribution in [3.63, 3.8) is 0 Å². The van der Waals surface area contributed by atoms with E-state index >= 15 is 0 Å². The minimum absolute atomic E-state index is 0.0429.